The molecule has 1 aromatic carbocycles. The predicted molar refractivity (Wildman–Crippen MR) is 113 cm³/mol. The van der Waals surface area contributed by atoms with E-state index >= 15 is 0 Å². The fraction of sp³-hybridized carbons (Fsp3) is 0.500. The smallest absolute Gasteiger partial charge is 0.243 e. The van der Waals surface area contributed by atoms with Crippen LogP contribution in [-0.4, -0.2) is 28.7 Å². The quantitative estimate of drug-likeness (QED) is 0.525. The molecule has 1 saturated heterocycles. The summed E-state index contributed by atoms with van der Waals surface area (Å²) in [5, 5.41) is 3.79. The molecule has 5 nitrogen and oxygen atoms in total. The molecule has 3 amide bonds. The van der Waals surface area contributed by atoms with Crippen LogP contribution in [0.2, 0.25) is 10.0 Å². The Morgan fingerprint density at radius 2 is 1.66 bits per heavy atom. The van der Waals surface area contributed by atoms with Gasteiger partial charge in [0.05, 0.1) is 27.9 Å². The number of benzene rings is 1. The number of hydrogen-bond donors (Lipinski definition) is 1. The third-order valence-electron chi connectivity index (χ3n) is 5.65. The van der Waals surface area contributed by atoms with Crippen LogP contribution >= 0.6 is 23.2 Å². The molecule has 0 aromatic heterocycles. The second-order valence-electron chi connectivity index (χ2n) is 8.25. The van der Waals surface area contributed by atoms with Gasteiger partial charge in [-0.25, -0.2) is 0 Å². The number of imide groups is 1. The second kappa shape index (κ2) is 8.88. The second-order valence-corrected chi connectivity index (χ2v) is 9.07. The molecule has 0 spiro atoms. The Labute approximate surface area is 181 Å². The first-order chi connectivity index (χ1) is 13.7. The molecule has 7 heteroatoms. The van der Waals surface area contributed by atoms with Crippen LogP contribution in [0.5, 0.6) is 0 Å². The first-order valence-corrected chi connectivity index (χ1v) is 10.7. The molecule has 1 aliphatic carbocycles. The van der Waals surface area contributed by atoms with Crippen molar-refractivity contribution in [1.29, 1.82) is 0 Å². The van der Waals surface area contributed by atoms with Gasteiger partial charge in [-0.2, -0.15) is 0 Å². The molecular formula is C22H26Cl2N2O3. The standard InChI is InChI=1S/C22H26Cl2N2O3/c1-12(2)10-19(26-21(28)15-6-4-5-7-16(15)22(26)29)20(27)25-13(3)14-8-9-17(23)18(24)11-14/h4-5,8-9,11-13,15-16,19H,6-7,10H2,1-3H3,(H,25,27)/t13-,15-,16+,19+/m0/s1. The highest BCUT2D eigenvalue weighted by Crippen LogP contribution is 2.37. The number of carbonyl (C=O) groups is 3. The van der Waals surface area contributed by atoms with E-state index < -0.39 is 6.04 Å². The van der Waals surface area contributed by atoms with E-state index in [4.69, 9.17) is 23.2 Å². The molecule has 0 saturated carbocycles. The Bertz CT molecular complexity index is 826. The van der Waals surface area contributed by atoms with Gasteiger partial charge in [-0.15, -0.1) is 0 Å². The highest BCUT2D eigenvalue weighted by molar-refractivity contribution is 6.42. The maximum Gasteiger partial charge on any atom is 0.243 e. The zero-order valence-electron chi connectivity index (χ0n) is 16.8. The number of likely N-dealkylation sites (tertiary alicyclic amines) is 1. The van der Waals surface area contributed by atoms with Crippen molar-refractivity contribution >= 4 is 40.9 Å². The van der Waals surface area contributed by atoms with E-state index in [1.54, 1.807) is 18.2 Å². The molecule has 1 fully saturated rings. The van der Waals surface area contributed by atoms with Crippen molar-refractivity contribution in [3.8, 4) is 0 Å². The summed E-state index contributed by atoms with van der Waals surface area (Å²) in [5.41, 5.74) is 0.799. The lowest BCUT2D eigenvalue weighted by molar-refractivity contribution is -0.148. The van der Waals surface area contributed by atoms with Gasteiger partial charge in [0.2, 0.25) is 17.7 Å². The van der Waals surface area contributed by atoms with Crippen molar-refractivity contribution in [2.75, 3.05) is 0 Å². The third-order valence-corrected chi connectivity index (χ3v) is 6.39. The summed E-state index contributed by atoms with van der Waals surface area (Å²) in [7, 11) is 0. The SMILES string of the molecule is CC(C)C[C@H](C(=O)N[C@@H](C)c1ccc(Cl)c(Cl)c1)N1C(=O)[C@H]2CC=CC[C@H]2C1=O. The monoisotopic (exact) mass is 436 g/mol. The minimum atomic E-state index is -0.814. The molecule has 156 valence electrons. The molecule has 29 heavy (non-hydrogen) atoms. The minimum absolute atomic E-state index is 0.146. The Morgan fingerprint density at radius 3 is 2.17 bits per heavy atom. The van der Waals surface area contributed by atoms with E-state index in [9.17, 15) is 14.4 Å². The van der Waals surface area contributed by atoms with Crippen molar-refractivity contribution in [3.05, 3.63) is 46.0 Å². The van der Waals surface area contributed by atoms with Crippen LogP contribution in [-0.2, 0) is 14.4 Å². The molecule has 4 atom stereocenters. The van der Waals surface area contributed by atoms with Crippen LogP contribution in [0.15, 0.2) is 30.4 Å². The summed E-state index contributed by atoms with van der Waals surface area (Å²) in [6.07, 6.45) is 5.42. The van der Waals surface area contributed by atoms with Crippen LogP contribution in [0.25, 0.3) is 0 Å². The topological polar surface area (TPSA) is 66.5 Å². The molecule has 1 aliphatic heterocycles. The number of carbonyl (C=O) groups excluding carboxylic acids is 3. The van der Waals surface area contributed by atoms with Gasteiger partial charge in [0.1, 0.15) is 6.04 Å². The van der Waals surface area contributed by atoms with Crippen molar-refractivity contribution in [1.82, 2.24) is 10.2 Å². The minimum Gasteiger partial charge on any atom is -0.348 e. The highest BCUT2D eigenvalue weighted by Gasteiger charge is 2.51. The number of hydrogen-bond acceptors (Lipinski definition) is 3. The lowest BCUT2D eigenvalue weighted by Gasteiger charge is -2.28. The van der Waals surface area contributed by atoms with Gasteiger partial charge in [0.25, 0.3) is 0 Å². The van der Waals surface area contributed by atoms with Gasteiger partial charge >= 0.3 is 0 Å². The average molecular weight is 437 g/mol. The summed E-state index contributed by atoms with van der Waals surface area (Å²) < 4.78 is 0. The summed E-state index contributed by atoms with van der Waals surface area (Å²) >= 11 is 12.1. The molecular weight excluding hydrogens is 411 g/mol. The van der Waals surface area contributed by atoms with Gasteiger partial charge in [-0.05, 0) is 49.8 Å². The zero-order chi connectivity index (χ0) is 21.3. The van der Waals surface area contributed by atoms with E-state index in [0.29, 0.717) is 29.3 Å². The number of amides is 3. The molecule has 1 heterocycles. The van der Waals surface area contributed by atoms with Gasteiger partial charge in [-0.1, -0.05) is 55.3 Å². The number of rotatable bonds is 6. The normalized spacial score (nSPS) is 23.3. The number of allylic oxidation sites excluding steroid dienone is 2. The van der Waals surface area contributed by atoms with Crippen LogP contribution in [0.1, 0.15) is 51.6 Å². The lowest BCUT2D eigenvalue weighted by atomic mass is 9.85. The van der Waals surface area contributed by atoms with Crippen molar-refractivity contribution in [2.24, 2.45) is 17.8 Å². The Kier molecular flexibility index (Phi) is 6.69. The van der Waals surface area contributed by atoms with Gasteiger partial charge < -0.3 is 5.32 Å². The maximum atomic E-state index is 13.2. The first-order valence-electron chi connectivity index (χ1n) is 9.98. The first kappa shape index (κ1) is 21.8. The molecule has 0 radical (unpaired) electrons. The molecule has 0 bridgehead atoms. The van der Waals surface area contributed by atoms with Crippen LogP contribution in [0.3, 0.4) is 0 Å². The highest BCUT2D eigenvalue weighted by atomic mass is 35.5. The summed E-state index contributed by atoms with van der Waals surface area (Å²) in [6, 6.07) is 4.02. The average Bonchev–Trinajstić information content (AvgIpc) is 2.92. The Morgan fingerprint density at radius 1 is 1.07 bits per heavy atom. The fourth-order valence-corrected chi connectivity index (χ4v) is 4.39. The van der Waals surface area contributed by atoms with Gasteiger partial charge in [0, 0.05) is 0 Å². The molecule has 3 rings (SSSR count). The van der Waals surface area contributed by atoms with Crippen LogP contribution in [0.4, 0.5) is 0 Å². The Hall–Kier alpha value is -1.85. The lowest BCUT2D eigenvalue weighted by Crippen LogP contribution is -2.51. The van der Waals surface area contributed by atoms with E-state index in [0.717, 1.165) is 5.56 Å². The van der Waals surface area contributed by atoms with E-state index in [1.165, 1.54) is 4.90 Å². The molecule has 1 N–H and O–H groups in total. The van der Waals surface area contributed by atoms with Crippen LogP contribution in [0, 0.1) is 17.8 Å². The predicted octanol–water partition coefficient (Wildman–Crippen LogP) is 4.54. The van der Waals surface area contributed by atoms with E-state index in [1.807, 2.05) is 32.9 Å². The van der Waals surface area contributed by atoms with E-state index in [2.05, 4.69) is 5.32 Å². The van der Waals surface area contributed by atoms with Gasteiger partial charge in [0.15, 0.2) is 0 Å². The third kappa shape index (κ3) is 4.51. The Balaban J connectivity index is 1.81. The largest absolute Gasteiger partial charge is 0.348 e. The van der Waals surface area contributed by atoms with Crippen LogP contribution < -0.4 is 5.32 Å². The van der Waals surface area contributed by atoms with Gasteiger partial charge in [-0.3, -0.25) is 19.3 Å². The summed E-state index contributed by atoms with van der Waals surface area (Å²) in [6.45, 7) is 5.78. The number of halogens is 2. The number of fused-ring (bicyclic) bond motifs is 1. The van der Waals surface area contributed by atoms with Crippen molar-refractivity contribution < 1.29 is 14.4 Å². The van der Waals surface area contributed by atoms with Crippen molar-refractivity contribution in [3.63, 3.8) is 0 Å². The van der Waals surface area contributed by atoms with E-state index in [-0.39, 0.29) is 41.5 Å². The maximum absolute atomic E-state index is 13.2. The number of nitrogens with zero attached hydrogens (tertiary/aromatic N) is 1. The number of nitrogens with one attached hydrogen (secondary N) is 1. The molecule has 2 aliphatic rings. The summed E-state index contributed by atoms with van der Waals surface area (Å²) in [5.74, 6) is -1.33. The van der Waals surface area contributed by atoms with Crippen molar-refractivity contribution in [2.45, 2.75) is 52.1 Å². The summed E-state index contributed by atoms with van der Waals surface area (Å²) in [4.78, 5) is 40.3. The molecule has 1 aromatic rings. The fourth-order valence-electron chi connectivity index (χ4n) is 4.08. The molecule has 0 unspecified atom stereocenters. The zero-order valence-corrected chi connectivity index (χ0v) is 18.3.